The molecule has 2 aliphatic heterocycles. The fourth-order valence-electron chi connectivity index (χ4n) is 2.89. The molecule has 0 saturated carbocycles. The van der Waals surface area contributed by atoms with E-state index in [1.165, 1.54) is 29.1 Å². The number of hydrogen-bond acceptors (Lipinski definition) is 3. The second kappa shape index (κ2) is 7.62. The number of nitrogens with one attached hydrogen (secondary N) is 1. The van der Waals surface area contributed by atoms with Crippen LogP contribution in [0.2, 0.25) is 0 Å². The van der Waals surface area contributed by atoms with Crippen LogP contribution in [0.15, 0.2) is 47.4 Å². The first kappa shape index (κ1) is 16.0. The molecule has 1 aromatic carbocycles. The van der Waals surface area contributed by atoms with Crippen LogP contribution in [-0.2, 0) is 4.79 Å². The Kier molecular flexibility index (Phi) is 5.31. The molecule has 0 unspecified atom stereocenters. The largest absolute Gasteiger partial charge is 0.317 e. The van der Waals surface area contributed by atoms with E-state index in [0.717, 1.165) is 30.4 Å². The highest BCUT2D eigenvalue weighted by atomic mass is 32.2. The Morgan fingerprint density at radius 3 is 2.57 bits per heavy atom. The van der Waals surface area contributed by atoms with Gasteiger partial charge in [-0.15, -0.1) is 0 Å². The fourth-order valence-corrected chi connectivity index (χ4v) is 3.68. The Bertz CT molecular complexity index is 634. The maximum atomic E-state index is 12.4. The van der Waals surface area contributed by atoms with Crippen molar-refractivity contribution in [3.8, 4) is 0 Å². The van der Waals surface area contributed by atoms with Gasteiger partial charge < -0.3 is 4.90 Å². The average molecular weight is 329 g/mol. The monoisotopic (exact) mass is 329 g/mol. The van der Waals surface area contributed by atoms with Gasteiger partial charge >= 0.3 is 0 Å². The summed E-state index contributed by atoms with van der Waals surface area (Å²) in [5, 5.41) is -0.146. The molecule has 0 spiro atoms. The number of quaternary nitrogens is 1. The van der Waals surface area contributed by atoms with Gasteiger partial charge in [-0.2, -0.15) is 0 Å². The third kappa shape index (κ3) is 4.12. The number of imide groups is 1. The summed E-state index contributed by atoms with van der Waals surface area (Å²) in [4.78, 5) is 27.7. The first-order valence-electron chi connectivity index (χ1n) is 8.05. The van der Waals surface area contributed by atoms with E-state index in [1.54, 1.807) is 6.08 Å². The Labute approximate surface area is 140 Å². The van der Waals surface area contributed by atoms with Crippen molar-refractivity contribution in [3.63, 3.8) is 0 Å². The van der Waals surface area contributed by atoms with Crippen LogP contribution in [0.5, 0.6) is 0 Å². The number of allylic oxidation sites excluding steroid dienone is 2. The van der Waals surface area contributed by atoms with Gasteiger partial charge in [0, 0.05) is 0 Å². The van der Waals surface area contributed by atoms with E-state index in [0.29, 0.717) is 11.6 Å². The van der Waals surface area contributed by atoms with E-state index in [4.69, 9.17) is 0 Å². The SMILES string of the molecule is O=C1SC(=CC=Cc2ccccc2)C(=O)N1C[NH+]1CCCCC1. The number of benzene rings is 1. The number of rotatable bonds is 4. The topological polar surface area (TPSA) is 41.8 Å². The van der Waals surface area contributed by atoms with Gasteiger partial charge in [0.2, 0.25) is 0 Å². The molecule has 0 radical (unpaired) electrons. The van der Waals surface area contributed by atoms with Gasteiger partial charge in [-0.25, -0.2) is 4.90 Å². The second-order valence-corrected chi connectivity index (χ2v) is 6.86. The van der Waals surface area contributed by atoms with Crippen molar-refractivity contribution in [1.82, 2.24) is 4.90 Å². The van der Waals surface area contributed by atoms with Gasteiger partial charge in [0.1, 0.15) is 0 Å². The fraction of sp³-hybridized carbons (Fsp3) is 0.333. The van der Waals surface area contributed by atoms with Crippen LogP contribution in [0.25, 0.3) is 6.08 Å². The standard InChI is InChI=1S/C18H20N2O2S/c21-17-16(11-7-10-15-8-3-1-4-9-15)23-18(22)20(17)14-19-12-5-2-6-13-19/h1,3-4,7-11H,2,5-6,12-14H2/p+1. The Balaban J connectivity index is 1.63. The molecule has 1 N–H and O–H groups in total. The first-order chi connectivity index (χ1) is 11.2. The van der Waals surface area contributed by atoms with Crippen molar-refractivity contribution in [2.75, 3.05) is 19.8 Å². The molecule has 2 aliphatic rings. The van der Waals surface area contributed by atoms with E-state index >= 15 is 0 Å². The van der Waals surface area contributed by atoms with Gasteiger partial charge in [0.15, 0.2) is 6.67 Å². The quantitative estimate of drug-likeness (QED) is 0.862. The van der Waals surface area contributed by atoms with Crippen LogP contribution in [0.4, 0.5) is 4.79 Å². The summed E-state index contributed by atoms with van der Waals surface area (Å²) in [6, 6.07) is 9.89. The average Bonchev–Trinajstić information content (AvgIpc) is 2.85. The molecule has 0 atom stereocenters. The summed E-state index contributed by atoms with van der Waals surface area (Å²) < 4.78 is 0. The number of thioether (sulfide) groups is 1. The van der Waals surface area contributed by atoms with E-state index in [1.807, 2.05) is 42.5 Å². The Morgan fingerprint density at radius 2 is 1.83 bits per heavy atom. The zero-order valence-corrected chi connectivity index (χ0v) is 13.8. The van der Waals surface area contributed by atoms with Gasteiger partial charge in [-0.05, 0) is 42.7 Å². The molecule has 1 aromatic rings. The summed E-state index contributed by atoms with van der Waals surface area (Å²) in [6.07, 6.45) is 9.13. The molecule has 23 heavy (non-hydrogen) atoms. The lowest BCUT2D eigenvalue weighted by Gasteiger charge is -2.26. The summed E-state index contributed by atoms with van der Waals surface area (Å²) in [7, 11) is 0. The van der Waals surface area contributed by atoms with Crippen molar-refractivity contribution >= 4 is 29.0 Å². The molecule has 2 heterocycles. The van der Waals surface area contributed by atoms with Crippen LogP contribution in [-0.4, -0.2) is 35.8 Å². The van der Waals surface area contributed by atoms with Crippen LogP contribution in [0, 0.1) is 0 Å². The van der Waals surface area contributed by atoms with E-state index in [-0.39, 0.29) is 11.1 Å². The Hall–Kier alpha value is -1.85. The van der Waals surface area contributed by atoms with E-state index in [2.05, 4.69) is 0 Å². The molecule has 4 nitrogen and oxygen atoms in total. The van der Waals surface area contributed by atoms with Gasteiger partial charge in [-0.3, -0.25) is 9.59 Å². The smallest absolute Gasteiger partial charge is 0.298 e. The summed E-state index contributed by atoms with van der Waals surface area (Å²) in [5.41, 5.74) is 1.07. The van der Waals surface area contributed by atoms with Crippen molar-refractivity contribution in [3.05, 3.63) is 53.0 Å². The van der Waals surface area contributed by atoms with Gasteiger partial charge in [0.05, 0.1) is 18.0 Å². The second-order valence-electron chi connectivity index (χ2n) is 5.87. The zero-order chi connectivity index (χ0) is 16.1. The van der Waals surface area contributed by atoms with Crippen molar-refractivity contribution < 1.29 is 14.5 Å². The summed E-state index contributed by atoms with van der Waals surface area (Å²) in [5.74, 6) is -0.157. The molecule has 5 heteroatoms. The molecule has 2 saturated heterocycles. The first-order valence-corrected chi connectivity index (χ1v) is 8.86. The zero-order valence-electron chi connectivity index (χ0n) is 13.0. The third-order valence-electron chi connectivity index (χ3n) is 4.15. The van der Waals surface area contributed by atoms with E-state index in [9.17, 15) is 9.59 Å². The minimum Gasteiger partial charge on any atom is -0.317 e. The van der Waals surface area contributed by atoms with Crippen LogP contribution in [0.1, 0.15) is 24.8 Å². The van der Waals surface area contributed by atoms with Crippen molar-refractivity contribution in [1.29, 1.82) is 0 Å². The predicted octanol–water partition coefficient (Wildman–Crippen LogP) is 2.31. The lowest BCUT2D eigenvalue weighted by Crippen LogP contribution is -3.14. The number of piperidine rings is 1. The third-order valence-corrected chi connectivity index (χ3v) is 5.08. The minimum absolute atomic E-state index is 0.146. The lowest BCUT2D eigenvalue weighted by molar-refractivity contribution is -0.912. The number of amides is 2. The molecule has 3 rings (SSSR count). The number of likely N-dealkylation sites (tertiary alicyclic amines) is 1. The molecule has 0 aliphatic carbocycles. The Morgan fingerprint density at radius 1 is 1.09 bits per heavy atom. The molecule has 2 fully saturated rings. The minimum atomic E-state index is -0.157. The predicted molar refractivity (Wildman–Crippen MR) is 92.8 cm³/mol. The van der Waals surface area contributed by atoms with Crippen LogP contribution >= 0.6 is 11.8 Å². The molecule has 120 valence electrons. The summed E-state index contributed by atoms with van der Waals surface area (Å²) in [6.45, 7) is 2.60. The molecule has 2 amide bonds. The van der Waals surface area contributed by atoms with E-state index < -0.39 is 0 Å². The number of nitrogens with zero attached hydrogens (tertiary/aromatic N) is 1. The van der Waals surface area contributed by atoms with Crippen molar-refractivity contribution in [2.24, 2.45) is 0 Å². The highest BCUT2D eigenvalue weighted by molar-refractivity contribution is 8.18. The van der Waals surface area contributed by atoms with Crippen molar-refractivity contribution in [2.45, 2.75) is 19.3 Å². The molecular formula is C18H21N2O2S+. The van der Waals surface area contributed by atoms with Crippen LogP contribution < -0.4 is 4.90 Å². The highest BCUT2D eigenvalue weighted by Crippen LogP contribution is 2.29. The van der Waals surface area contributed by atoms with Gasteiger partial charge in [-0.1, -0.05) is 42.5 Å². The maximum absolute atomic E-state index is 12.4. The molecule has 0 aromatic heterocycles. The normalized spacial score (nSPS) is 21.7. The lowest BCUT2D eigenvalue weighted by atomic mass is 10.1. The number of hydrogen-bond donors (Lipinski definition) is 1. The number of carbonyl (C=O) groups excluding carboxylic acids is 2. The number of carbonyl (C=O) groups is 2. The maximum Gasteiger partial charge on any atom is 0.298 e. The molecular weight excluding hydrogens is 308 g/mol. The van der Waals surface area contributed by atoms with Gasteiger partial charge in [0.25, 0.3) is 11.1 Å². The molecule has 0 bridgehead atoms. The van der Waals surface area contributed by atoms with Crippen LogP contribution in [0.3, 0.4) is 0 Å². The summed E-state index contributed by atoms with van der Waals surface area (Å²) >= 11 is 1.04. The highest BCUT2D eigenvalue weighted by Gasteiger charge is 2.37.